The first-order valence-corrected chi connectivity index (χ1v) is 5.90. The molecular formula is C10H10ClN3OS. The Balaban J connectivity index is 1.96. The van der Waals surface area contributed by atoms with E-state index >= 15 is 0 Å². The Hall–Kier alpha value is -1.17. The van der Waals surface area contributed by atoms with Crippen molar-refractivity contribution in [2.45, 2.75) is 13.2 Å². The summed E-state index contributed by atoms with van der Waals surface area (Å²) in [6.45, 7) is 0.863. The molecule has 2 heterocycles. The van der Waals surface area contributed by atoms with E-state index in [1.807, 2.05) is 5.38 Å². The lowest BCUT2D eigenvalue weighted by molar-refractivity contribution is 0.300. The molecular weight excluding hydrogens is 246 g/mol. The van der Waals surface area contributed by atoms with Crippen LogP contribution in [0.15, 0.2) is 23.8 Å². The predicted molar refractivity (Wildman–Crippen MR) is 63.6 cm³/mol. The lowest BCUT2D eigenvalue weighted by atomic mass is 10.4. The third kappa shape index (κ3) is 2.91. The van der Waals surface area contributed by atoms with E-state index < -0.39 is 0 Å². The second-order valence-corrected chi connectivity index (χ2v) is 4.44. The van der Waals surface area contributed by atoms with Crippen molar-refractivity contribution in [3.8, 4) is 5.75 Å². The van der Waals surface area contributed by atoms with Crippen LogP contribution >= 0.6 is 22.9 Å². The van der Waals surface area contributed by atoms with Crippen LogP contribution in [-0.2, 0) is 13.2 Å². The maximum Gasteiger partial charge on any atom is 0.139 e. The van der Waals surface area contributed by atoms with Gasteiger partial charge in [0.15, 0.2) is 0 Å². The largest absolute Gasteiger partial charge is 0.486 e. The summed E-state index contributed by atoms with van der Waals surface area (Å²) in [5.74, 6) is 0.634. The number of halogens is 1. The number of pyridine rings is 1. The Kier molecular flexibility index (Phi) is 3.71. The lowest BCUT2D eigenvalue weighted by Gasteiger charge is -2.03. The topological polar surface area (TPSA) is 61.0 Å². The molecule has 0 aromatic carbocycles. The van der Waals surface area contributed by atoms with Gasteiger partial charge in [-0.15, -0.1) is 11.3 Å². The maximum atomic E-state index is 5.78. The molecule has 0 spiro atoms. The number of hydrogen-bond donors (Lipinski definition) is 1. The average Bonchev–Trinajstić information content (AvgIpc) is 2.74. The standard InChI is InChI=1S/C10H10ClN3OS/c11-7-1-9(4-13-3-7)15-5-8-6-16-10(2-12)14-8/h1,3-4,6H,2,5,12H2. The molecule has 0 unspecified atom stereocenters. The second kappa shape index (κ2) is 5.25. The highest BCUT2D eigenvalue weighted by Gasteiger charge is 2.02. The summed E-state index contributed by atoms with van der Waals surface area (Å²) in [5.41, 5.74) is 6.34. The van der Waals surface area contributed by atoms with E-state index in [4.69, 9.17) is 22.1 Å². The van der Waals surface area contributed by atoms with Gasteiger partial charge in [0.1, 0.15) is 17.4 Å². The molecule has 0 aliphatic rings. The molecule has 0 radical (unpaired) electrons. The van der Waals surface area contributed by atoms with Crippen LogP contribution in [0.2, 0.25) is 5.02 Å². The Bertz CT molecular complexity index is 475. The van der Waals surface area contributed by atoms with E-state index in [1.165, 1.54) is 11.3 Å². The average molecular weight is 256 g/mol. The van der Waals surface area contributed by atoms with Gasteiger partial charge in [0.25, 0.3) is 0 Å². The number of ether oxygens (including phenoxy) is 1. The zero-order chi connectivity index (χ0) is 11.4. The number of nitrogens with zero attached hydrogens (tertiary/aromatic N) is 2. The SMILES string of the molecule is NCc1nc(COc2cncc(Cl)c2)cs1. The third-order valence-corrected chi connectivity index (χ3v) is 2.97. The summed E-state index contributed by atoms with van der Waals surface area (Å²) in [4.78, 5) is 8.20. The van der Waals surface area contributed by atoms with Gasteiger partial charge in [-0.25, -0.2) is 4.98 Å². The van der Waals surface area contributed by atoms with Crippen molar-refractivity contribution in [1.29, 1.82) is 0 Å². The van der Waals surface area contributed by atoms with Gasteiger partial charge >= 0.3 is 0 Å². The zero-order valence-electron chi connectivity index (χ0n) is 8.39. The van der Waals surface area contributed by atoms with Crippen molar-refractivity contribution < 1.29 is 4.74 Å². The van der Waals surface area contributed by atoms with Gasteiger partial charge in [-0.3, -0.25) is 4.98 Å². The molecule has 84 valence electrons. The Morgan fingerprint density at radius 1 is 1.44 bits per heavy atom. The van der Waals surface area contributed by atoms with Crippen LogP contribution in [0, 0.1) is 0 Å². The highest BCUT2D eigenvalue weighted by atomic mass is 35.5. The predicted octanol–water partition coefficient (Wildman–Crippen LogP) is 2.23. The molecule has 0 bridgehead atoms. The smallest absolute Gasteiger partial charge is 0.139 e. The van der Waals surface area contributed by atoms with Crippen molar-refractivity contribution in [2.75, 3.05) is 0 Å². The third-order valence-electron chi connectivity index (χ3n) is 1.84. The molecule has 0 aliphatic heterocycles. The molecule has 2 aromatic rings. The van der Waals surface area contributed by atoms with Crippen LogP contribution in [0.4, 0.5) is 0 Å². The molecule has 0 saturated carbocycles. The number of hydrogen-bond acceptors (Lipinski definition) is 5. The molecule has 0 atom stereocenters. The number of rotatable bonds is 4. The van der Waals surface area contributed by atoms with Crippen LogP contribution < -0.4 is 10.5 Å². The summed E-state index contributed by atoms with van der Waals surface area (Å²) in [6, 6.07) is 1.71. The van der Waals surface area contributed by atoms with E-state index in [0.717, 1.165) is 10.7 Å². The van der Waals surface area contributed by atoms with Crippen molar-refractivity contribution in [3.05, 3.63) is 39.6 Å². The molecule has 2 rings (SSSR count). The minimum atomic E-state index is 0.401. The second-order valence-electron chi connectivity index (χ2n) is 3.06. The quantitative estimate of drug-likeness (QED) is 0.910. The van der Waals surface area contributed by atoms with E-state index in [9.17, 15) is 0 Å². The summed E-state index contributed by atoms with van der Waals surface area (Å²) in [7, 11) is 0. The normalized spacial score (nSPS) is 10.4. The number of nitrogens with two attached hydrogens (primary N) is 1. The van der Waals surface area contributed by atoms with Crippen LogP contribution in [-0.4, -0.2) is 9.97 Å². The van der Waals surface area contributed by atoms with Crippen LogP contribution in [0.5, 0.6) is 5.75 Å². The fraction of sp³-hybridized carbons (Fsp3) is 0.200. The minimum absolute atomic E-state index is 0.401. The van der Waals surface area contributed by atoms with Crippen molar-refractivity contribution in [2.24, 2.45) is 5.73 Å². The van der Waals surface area contributed by atoms with Gasteiger partial charge in [0.05, 0.1) is 16.9 Å². The molecule has 4 nitrogen and oxygen atoms in total. The van der Waals surface area contributed by atoms with Crippen LogP contribution in [0.1, 0.15) is 10.7 Å². The van der Waals surface area contributed by atoms with E-state index in [-0.39, 0.29) is 0 Å². The first-order chi connectivity index (χ1) is 7.78. The van der Waals surface area contributed by atoms with Crippen LogP contribution in [0.3, 0.4) is 0 Å². The number of aromatic nitrogens is 2. The first-order valence-electron chi connectivity index (χ1n) is 4.64. The molecule has 2 N–H and O–H groups in total. The summed E-state index contributed by atoms with van der Waals surface area (Å²) in [6.07, 6.45) is 3.17. The summed E-state index contributed by atoms with van der Waals surface area (Å²) < 4.78 is 5.49. The molecule has 6 heteroatoms. The van der Waals surface area contributed by atoms with Gasteiger partial charge in [0.2, 0.25) is 0 Å². The fourth-order valence-corrected chi connectivity index (χ4v) is 1.96. The van der Waals surface area contributed by atoms with Gasteiger partial charge in [-0.1, -0.05) is 11.6 Å². The minimum Gasteiger partial charge on any atom is -0.486 e. The zero-order valence-corrected chi connectivity index (χ0v) is 9.96. The molecule has 0 amide bonds. The van der Waals surface area contributed by atoms with E-state index in [2.05, 4.69) is 9.97 Å². The highest BCUT2D eigenvalue weighted by Crippen LogP contribution is 2.17. The summed E-state index contributed by atoms with van der Waals surface area (Å²) >= 11 is 7.31. The van der Waals surface area contributed by atoms with E-state index in [0.29, 0.717) is 23.9 Å². The monoisotopic (exact) mass is 255 g/mol. The molecule has 0 fully saturated rings. The van der Waals surface area contributed by atoms with Gasteiger partial charge in [-0.05, 0) is 0 Å². The maximum absolute atomic E-state index is 5.78. The Labute approximate surface area is 102 Å². The van der Waals surface area contributed by atoms with Crippen molar-refractivity contribution >= 4 is 22.9 Å². The Morgan fingerprint density at radius 2 is 2.31 bits per heavy atom. The van der Waals surface area contributed by atoms with Crippen molar-refractivity contribution in [1.82, 2.24) is 9.97 Å². The highest BCUT2D eigenvalue weighted by molar-refractivity contribution is 7.09. The molecule has 16 heavy (non-hydrogen) atoms. The van der Waals surface area contributed by atoms with Gasteiger partial charge < -0.3 is 10.5 Å². The lowest BCUT2D eigenvalue weighted by Crippen LogP contribution is -1.99. The summed E-state index contributed by atoms with van der Waals surface area (Å²) in [5, 5.41) is 3.39. The molecule has 0 aliphatic carbocycles. The molecule has 2 aromatic heterocycles. The van der Waals surface area contributed by atoms with Crippen molar-refractivity contribution in [3.63, 3.8) is 0 Å². The first kappa shape index (κ1) is 11.3. The Morgan fingerprint density at radius 3 is 3.00 bits per heavy atom. The number of thiazole rings is 1. The van der Waals surface area contributed by atoms with Crippen LogP contribution in [0.25, 0.3) is 0 Å². The van der Waals surface area contributed by atoms with Gasteiger partial charge in [0, 0.05) is 24.2 Å². The van der Waals surface area contributed by atoms with E-state index in [1.54, 1.807) is 18.5 Å². The van der Waals surface area contributed by atoms with Gasteiger partial charge in [-0.2, -0.15) is 0 Å². The molecule has 0 saturated heterocycles. The fourth-order valence-electron chi connectivity index (χ4n) is 1.14.